The van der Waals surface area contributed by atoms with Crippen LogP contribution in [0.25, 0.3) is 17.3 Å². The maximum Gasteiger partial charge on any atom is 0.243 e. The number of likely N-dealkylation sites (N-methyl/N-ethyl adjacent to an activating group) is 1. The monoisotopic (exact) mass is 361 g/mol. The first-order valence-corrected chi connectivity index (χ1v) is 8.92. The highest BCUT2D eigenvalue weighted by Crippen LogP contribution is 2.31. The van der Waals surface area contributed by atoms with Crippen LogP contribution >= 0.6 is 0 Å². The highest BCUT2D eigenvalue weighted by molar-refractivity contribution is 5.93. The van der Waals surface area contributed by atoms with E-state index in [0.29, 0.717) is 13.1 Å². The van der Waals surface area contributed by atoms with E-state index in [1.54, 1.807) is 13.2 Å². The van der Waals surface area contributed by atoms with E-state index in [1.165, 1.54) is 6.08 Å². The second-order valence-corrected chi connectivity index (χ2v) is 6.04. The second kappa shape index (κ2) is 8.85. The summed E-state index contributed by atoms with van der Waals surface area (Å²) in [6, 6.07) is 17.9. The molecule has 138 valence electrons. The number of aromatic nitrogens is 2. The van der Waals surface area contributed by atoms with Crippen molar-refractivity contribution >= 4 is 12.0 Å². The predicted molar refractivity (Wildman–Crippen MR) is 107 cm³/mol. The van der Waals surface area contributed by atoms with Crippen molar-refractivity contribution in [1.82, 2.24) is 15.1 Å². The topological polar surface area (TPSA) is 56.2 Å². The molecule has 27 heavy (non-hydrogen) atoms. The fourth-order valence-corrected chi connectivity index (χ4v) is 2.86. The summed E-state index contributed by atoms with van der Waals surface area (Å²) in [5, 5.41) is 7.53. The normalized spacial score (nSPS) is 10.9. The Hall–Kier alpha value is -3.34. The Kier molecular flexibility index (Phi) is 6.05. The quantitative estimate of drug-likeness (QED) is 0.652. The summed E-state index contributed by atoms with van der Waals surface area (Å²) in [6.45, 7) is 3.14. The number of nitrogens with one attached hydrogen (secondary N) is 1. The molecule has 1 heterocycles. The number of ether oxygens (including phenoxy) is 1. The predicted octanol–water partition coefficient (Wildman–Crippen LogP) is 3.76. The molecule has 5 heteroatoms. The van der Waals surface area contributed by atoms with Crippen molar-refractivity contribution in [2.24, 2.45) is 0 Å². The van der Waals surface area contributed by atoms with Crippen molar-refractivity contribution in [2.75, 3.05) is 13.7 Å². The van der Waals surface area contributed by atoms with Gasteiger partial charge in [-0.2, -0.15) is 5.10 Å². The molecule has 0 bridgehead atoms. The van der Waals surface area contributed by atoms with Crippen LogP contribution in [-0.2, 0) is 11.3 Å². The van der Waals surface area contributed by atoms with Crippen LogP contribution in [0.15, 0.2) is 66.9 Å². The van der Waals surface area contributed by atoms with Gasteiger partial charge in [0.15, 0.2) is 0 Å². The van der Waals surface area contributed by atoms with Crippen LogP contribution < -0.4 is 10.1 Å². The van der Waals surface area contributed by atoms with E-state index in [0.717, 1.165) is 28.1 Å². The van der Waals surface area contributed by atoms with Gasteiger partial charge in [-0.05, 0) is 30.7 Å². The minimum Gasteiger partial charge on any atom is -0.496 e. The number of benzene rings is 2. The van der Waals surface area contributed by atoms with Gasteiger partial charge >= 0.3 is 0 Å². The third-order valence-electron chi connectivity index (χ3n) is 4.10. The first-order valence-electron chi connectivity index (χ1n) is 8.92. The lowest BCUT2D eigenvalue weighted by Gasteiger charge is -2.06. The lowest BCUT2D eigenvalue weighted by molar-refractivity contribution is -0.116. The van der Waals surface area contributed by atoms with Crippen LogP contribution in [0.4, 0.5) is 0 Å². The molecule has 0 aliphatic heterocycles. The third kappa shape index (κ3) is 4.64. The first kappa shape index (κ1) is 18.5. The zero-order chi connectivity index (χ0) is 19.1. The lowest BCUT2D eigenvalue weighted by atomic mass is 10.1. The molecule has 0 spiro atoms. The second-order valence-electron chi connectivity index (χ2n) is 6.04. The van der Waals surface area contributed by atoms with Gasteiger partial charge in [0.2, 0.25) is 5.91 Å². The number of hydrogen-bond acceptors (Lipinski definition) is 3. The van der Waals surface area contributed by atoms with Crippen molar-refractivity contribution in [2.45, 2.75) is 13.5 Å². The molecule has 0 radical (unpaired) electrons. The Labute approximate surface area is 159 Å². The maximum absolute atomic E-state index is 11.8. The summed E-state index contributed by atoms with van der Waals surface area (Å²) in [5.41, 5.74) is 3.69. The number of hydrogen-bond donors (Lipinski definition) is 1. The van der Waals surface area contributed by atoms with E-state index >= 15 is 0 Å². The molecule has 1 N–H and O–H groups in total. The zero-order valence-corrected chi connectivity index (χ0v) is 15.6. The molecule has 1 amide bonds. The Morgan fingerprint density at radius 1 is 1.15 bits per heavy atom. The van der Waals surface area contributed by atoms with Crippen LogP contribution in [0, 0.1) is 0 Å². The molecule has 0 saturated heterocycles. The van der Waals surface area contributed by atoms with Crippen molar-refractivity contribution < 1.29 is 9.53 Å². The summed E-state index contributed by atoms with van der Waals surface area (Å²) in [7, 11) is 1.64. The molecular weight excluding hydrogens is 338 g/mol. The fraction of sp³-hybridized carbons (Fsp3) is 0.182. The largest absolute Gasteiger partial charge is 0.496 e. The van der Waals surface area contributed by atoms with Crippen LogP contribution in [0.1, 0.15) is 18.1 Å². The molecule has 0 fully saturated rings. The highest BCUT2D eigenvalue weighted by Gasteiger charge is 2.14. The van der Waals surface area contributed by atoms with Crippen molar-refractivity contribution in [1.29, 1.82) is 0 Å². The minimum atomic E-state index is -0.126. The molecule has 0 aliphatic carbocycles. The average molecular weight is 361 g/mol. The average Bonchev–Trinajstić information content (AvgIpc) is 3.09. The molecule has 0 unspecified atom stereocenters. The van der Waals surface area contributed by atoms with E-state index in [-0.39, 0.29) is 5.91 Å². The number of carbonyl (C=O) groups excluding carboxylic acids is 1. The molecule has 3 aromatic rings. The van der Waals surface area contributed by atoms with Crippen LogP contribution in [-0.4, -0.2) is 29.3 Å². The van der Waals surface area contributed by atoms with E-state index in [2.05, 4.69) is 17.4 Å². The number of nitrogens with zero attached hydrogens (tertiary/aromatic N) is 2. The number of amides is 1. The Morgan fingerprint density at radius 3 is 2.63 bits per heavy atom. The van der Waals surface area contributed by atoms with E-state index < -0.39 is 0 Å². The zero-order valence-electron chi connectivity index (χ0n) is 15.6. The fourth-order valence-electron chi connectivity index (χ4n) is 2.86. The van der Waals surface area contributed by atoms with Gasteiger partial charge in [0.1, 0.15) is 11.4 Å². The smallest absolute Gasteiger partial charge is 0.243 e. The molecule has 1 aromatic heterocycles. The van der Waals surface area contributed by atoms with Crippen molar-refractivity contribution in [3.63, 3.8) is 0 Å². The third-order valence-corrected chi connectivity index (χ3v) is 4.10. The van der Waals surface area contributed by atoms with Crippen LogP contribution in [0.3, 0.4) is 0 Å². The summed E-state index contributed by atoms with van der Waals surface area (Å²) >= 11 is 0. The molecule has 0 saturated carbocycles. The van der Waals surface area contributed by atoms with Gasteiger partial charge in [-0.3, -0.25) is 9.48 Å². The molecular formula is C22H23N3O2. The molecule has 0 atom stereocenters. The number of carbonyl (C=O) groups is 1. The lowest BCUT2D eigenvalue weighted by Crippen LogP contribution is -2.19. The SMILES string of the molecule is CCNC(=O)/C=C/c1cn(Cc2ccccc2)nc1-c1ccccc1OC. The number of methoxy groups -OCH3 is 1. The van der Waals surface area contributed by atoms with Gasteiger partial charge in [-0.15, -0.1) is 0 Å². The van der Waals surface area contributed by atoms with Crippen LogP contribution in [0.5, 0.6) is 5.75 Å². The minimum absolute atomic E-state index is 0.126. The van der Waals surface area contributed by atoms with Crippen molar-refractivity contribution in [3.8, 4) is 17.0 Å². The summed E-state index contributed by atoms with van der Waals surface area (Å²) in [5.74, 6) is 0.620. The standard InChI is InChI=1S/C22H23N3O2/c1-3-23-21(26)14-13-18-16-25(15-17-9-5-4-6-10-17)24-22(18)19-11-7-8-12-20(19)27-2/h4-14,16H,3,15H2,1-2H3,(H,23,26)/b14-13+. The summed E-state index contributed by atoms with van der Waals surface area (Å²) in [6.07, 6.45) is 5.28. The Bertz CT molecular complexity index is 930. The number of rotatable bonds is 7. The Morgan fingerprint density at radius 2 is 1.89 bits per heavy atom. The van der Waals surface area contributed by atoms with E-state index in [1.807, 2.05) is 60.3 Å². The Balaban J connectivity index is 2.00. The van der Waals surface area contributed by atoms with Gasteiger partial charge in [0.05, 0.1) is 13.7 Å². The first-order chi connectivity index (χ1) is 13.2. The number of para-hydroxylation sites is 1. The van der Waals surface area contributed by atoms with E-state index in [9.17, 15) is 4.79 Å². The molecule has 5 nitrogen and oxygen atoms in total. The summed E-state index contributed by atoms with van der Waals surface area (Å²) < 4.78 is 7.38. The van der Waals surface area contributed by atoms with Crippen molar-refractivity contribution in [3.05, 3.63) is 78.0 Å². The van der Waals surface area contributed by atoms with Gasteiger partial charge in [-0.25, -0.2) is 0 Å². The van der Waals surface area contributed by atoms with Gasteiger partial charge < -0.3 is 10.1 Å². The maximum atomic E-state index is 11.8. The molecule has 2 aromatic carbocycles. The van der Waals surface area contributed by atoms with Gasteiger partial charge in [0.25, 0.3) is 0 Å². The summed E-state index contributed by atoms with van der Waals surface area (Å²) in [4.78, 5) is 11.8. The highest BCUT2D eigenvalue weighted by atomic mass is 16.5. The van der Waals surface area contributed by atoms with E-state index in [4.69, 9.17) is 9.84 Å². The van der Waals surface area contributed by atoms with Gasteiger partial charge in [-0.1, -0.05) is 42.5 Å². The van der Waals surface area contributed by atoms with Crippen LogP contribution in [0.2, 0.25) is 0 Å². The molecule has 0 aliphatic rings. The molecule has 3 rings (SSSR count). The van der Waals surface area contributed by atoms with Gasteiger partial charge in [0, 0.05) is 29.9 Å².